The van der Waals surface area contributed by atoms with Crippen LogP contribution in [0.25, 0.3) is 0 Å². The van der Waals surface area contributed by atoms with Crippen LogP contribution in [-0.2, 0) is 11.1 Å². The number of benzene rings is 1. The number of likely N-dealkylation sites (tertiary alicyclic amines) is 1. The summed E-state index contributed by atoms with van der Waals surface area (Å²) in [6.07, 6.45) is 3.82. The second-order valence-corrected chi connectivity index (χ2v) is 9.25. The molecule has 0 bridgehead atoms. The molecular weight excluding hydrogens is 267 g/mol. The molecule has 0 N–H and O–H groups in total. The third-order valence-corrected chi connectivity index (χ3v) is 8.22. The van der Waals surface area contributed by atoms with E-state index in [0.717, 1.165) is 38.3 Å². The molecule has 0 saturated carbocycles. The number of hydrogen-bond acceptors (Lipinski definition) is 3. The highest BCUT2D eigenvalue weighted by molar-refractivity contribution is 7.64. The summed E-state index contributed by atoms with van der Waals surface area (Å²) in [5.74, 6) is 0.258. The van der Waals surface area contributed by atoms with E-state index < -0.39 is 7.14 Å². The highest BCUT2D eigenvalue weighted by Gasteiger charge is 2.37. The summed E-state index contributed by atoms with van der Waals surface area (Å²) in [5.41, 5.74) is 1.90. The van der Waals surface area contributed by atoms with Gasteiger partial charge in [-0.2, -0.15) is 5.26 Å². The zero-order valence-corrected chi connectivity index (χ0v) is 13.3. The minimum Gasteiger partial charge on any atom is -0.322 e. The van der Waals surface area contributed by atoms with Gasteiger partial charge >= 0.3 is 0 Å². The summed E-state index contributed by atoms with van der Waals surface area (Å²) in [5, 5.41) is 8.83. The predicted octanol–water partition coefficient (Wildman–Crippen LogP) is 3.88. The van der Waals surface area contributed by atoms with Gasteiger partial charge in [0.1, 0.15) is 7.14 Å². The Morgan fingerprint density at radius 3 is 2.50 bits per heavy atom. The Morgan fingerprint density at radius 1 is 1.30 bits per heavy atom. The van der Waals surface area contributed by atoms with Crippen LogP contribution >= 0.6 is 7.14 Å². The molecule has 1 aliphatic rings. The topological polar surface area (TPSA) is 44.1 Å². The Balaban J connectivity index is 2.11. The first-order valence-electron chi connectivity index (χ1n) is 7.43. The molecule has 0 amide bonds. The van der Waals surface area contributed by atoms with Gasteiger partial charge in [-0.1, -0.05) is 26.0 Å². The van der Waals surface area contributed by atoms with Crippen LogP contribution < -0.4 is 0 Å². The third-order valence-electron chi connectivity index (χ3n) is 4.41. The van der Waals surface area contributed by atoms with Crippen LogP contribution in [0.5, 0.6) is 0 Å². The maximum Gasteiger partial charge on any atom is 0.103 e. The molecule has 1 aliphatic heterocycles. The molecule has 0 aliphatic carbocycles. The lowest BCUT2D eigenvalue weighted by molar-refractivity contribution is 0.297. The summed E-state index contributed by atoms with van der Waals surface area (Å²) < 4.78 is 13.0. The Morgan fingerprint density at radius 2 is 1.95 bits per heavy atom. The summed E-state index contributed by atoms with van der Waals surface area (Å²) in [7, 11) is -2.06. The fraction of sp³-hybridized carbons (Fsp3) is 0.562. The monoisotopic (exact) mass is 290 g/mol. The van der Waals surface area contributed by atoms with Gasteiger partial charge in [0.2, 0.25) is 0 Å². The average molecular weight is 290 g/mol. The standard InChI is InChI=1S/C16H23N2OP/c1-3-20(19,4-2)16-6-5-11-18(16)13-15-9-7-14(12-17)8-10-15/h7-10,16H,3-6,11,13H2,1-2H3. The zero-order chi connectivity index (χ0) is 14.6. The Bertz CT molecular complexity index is 524. The Labute approximate surface area is 122 Å². The normalized spacial score (nSPS) is 19.9. The summed E-state index contributed by atoms with van der Waals surface area (Å²) in [6, 6.07) is 9.88. The second-order valence-electron chi connectivity index (χ2n) is 5.49. The van der Waals surface area contributed by atoms with E-state index in [4.69, 9.17) is 5.26 Å². The van der Waals surface area contributed by atoms with Crippen molar-refractivity contribution >= 4 is 7.14 Å². The lowest BCUT2D eigenvalue weighted by atomic mass is 10.1. The lowest BCUT2D eigenvalue weighted by Crippen LogP contribution is -2.30. The maximum atomic E-state index is 13.0. The van der Waals surface area contributed by atoms with Crippen molar-refractivity contribution in [3.8, 4) is 6.07 Å². The number of nitriles is 1. The first-order valence-corrected chi connectivity index (χ1v) is 9.58. The first kappa shape index (κ1) is 15.3. The van der Waals surface area contributed by atoms with Gasteiger partial charge in [-0.3, -0.25) is 4.90 Å². The molecule has 1 atom stereocenters. The fourth-order valence-electron chi connectivity index (χ4n) is 3.09. The van der Waals surface area contributed by atoms with Crippen molar-refractivity contribution in [1.82, 2.24) is 4.90 Å². The fourth-order valence-corrected chi connectivity index (χ4v) is 5.83. The van der Waals surface area contributed by atoms with Crippen molar-refractivity contribution in [2.45, 2.75) is 39.0 Å². The molecule has 4 heteroatoms. The van der Waals surface area contributed by atoms with E-state index in [0.29, 0.717) is 5.56 Å². The molecule has 108 valence electrons. The van der Waals surface area contributed by atoms with E-state index in [1.54, 1.807) is 0 Å². The van der Waals surface area contributed by atoms with Gasteiger partial charge in [0, 0.05) is 6.54 Å². The van der Waals surface area contributed by atoms with Gasteiger partial charge in [0.15, 0.2) is 0 Å². The largest absolute Gasteiger partial charge is 0.322 e. The summed E-state index contributed by atoms with van der Waals surface area (Å²) in [6.45, 7) is 6.00. The van der Waals surface area contributed by atoms with Gasteiger partial charge in [0.05, 0.1) is 17.4 Å². The summed E-state index contributed by atoms with van der Waals surface area (Å²) >= 11 is 0. The van der Waals surface area contributed by atoms with Gasteiger partial charge < -0.3 is 4.57 Å². The van der Waals surface area contributed by atoms with E-state index in [-0.39, 0.29) is 5.78 Å². The smallest absolute Gasteiger partial charge is 0.103 e. The first-order chi connectivity index (χ1) is 9.62. The minimum atomic E-state index is -2.06. The number of nitrogens with zero attached hydrogens (tertiary/aromatic N) is 2. The molecule has 2 rings (SSSR count). The van der Waals surface area contributed by atoms with Crippen LogP contribution in [-0.4, -0.2) is 29.6 Å². The second kappa shape index (κ2) is 6.57. The molecule has 0 radical (unpaired) electrons. The molecule has 0 spiro atoms. The van der Waals surface area contributed by atoms with E-state index in [1.807, 2.05) is 24.3 Å². The van der Waals surface area contributed by atoms with Crippen LogP contribution in [0.3, 0.4) is 0 Å². The van der Waals surface area contributed by atoms with Crippen molar-refractivity contribution < 1.29 is 4.57 Å². The third kappa shape index (κ3) is 3.14. The molecule has 0 aromatic heterocycles. The highest BCUT2D eigenvalue weighted by atomic mass is 31.2. The Hall–Kier alpha value is -1.10. The number of hydrogen-bond donors (Lipinski definition) is 0. The highest BCUT2D eigenvalue weighted by Crippen LogP contribution is 2.54. The molecule has 1 aromatic rings. The van der Waals surface area contributed by atoms with Crippen LogP contribution in [0.2, 0.25) is 0 Å². The number of rotatable bonds is 5. The van der Waals surface area contributed by atoms with Crippen molar-refractivity contribution in [3.63, 3.8) is 0 Å². The van der Waals surface area contributed by atoms with Gasteiger partial charge in [-0.25, -0.2) is 0 Å². The van der Waals surface area contributed by atoms with E-state index in [1.165, 1.54) is 5.56 Å². The Kier molecular flexibility index (Phi) is 5.02. The van der Waals surface area contributed by atoms with Gasteiger partial charge in [-0.05, 0) is 49.4 Å². The zero-order valence-electron chi connectivity index (χ0n) is 12.4. The molecule has 3 nitrogen and oxygen atoms in total. The van der Waals surface area contributed by atoms with E-state index in [9.17, 15) is 4.57 Å². The SMILES string of the molecule is CCP(=O)(CC)C1CCCN1Cc1ccc(C#N)cc1. The molecule has 1 saturated heterocycles. The van der Waals surface area contributed by atoms with E-state index in [2.05, 4.69) is 24.8 Å². The van der Waals surface area contributed by atoms with Gasteiger partial charge in [0.25, 0.3) is 0 Å². The van der Waals surface area contributed by atoms with Crippen LogP contribution in [0.15, 0.2) is 24.3 Å². The van der Waals surface area contributed by atoms with E-state index >= 15 is 0 Å². The van der Waals surface area contributed by atoms with Crippen molar-refractivity contribution in [2.75, 3.05) is 18.9 Å². The lowest BCUT2D eigenvalue weighted by Gasteiger charge is -2.31. The molecule has 1 fully saturated rings. The molecule has 1 aromatic carbocycles. The molecule has 1 heterocycles. The maximum absolute atomic E-state index is 13.0. The van der Waals surface area contributed by atoms with Gasteiger partial charge in [-0.15, -0.1) is 0 Å². The molecule has 20 heavy (non-hydrogen) atoms. The van der Waals surface area contributed by atoms with Crippen LogP contribution in [0.4, 0.5) is 0 Å². The van der Waals surface area contributed by atoms with Crippen molar-refractivity contribution in [1.29, 1.82) is 5.26 Å². The van der Waals surface area contributed by atoms with Crippen LogP contribution in [0, 0.1) is 11.3 Å². The van der Waals surface area contributed by atoms with Crippen molar-refractivity contribution in [2.24, 2.45) is 0 Å². The molecule has 1 unspecified atom stereocenters. The summed E-state index contributed by atoms with van der Waals surface area (Å²) in [4.78, 5) is 2.38. The van der Waals surface area contributed by atoms with Crippen molar-refractivity contribution in [3.05, 3.63) is 35.4 Å². The molecular formula is C16H23N2OP. The average Bonchev–Trinajstić information content (AvgIpc) is 2.96. The quantitative estimate of drug-likeness (QED) is 0.773. The van der Waals surface area contributed by atoms with Crippen LogP contribution in [0.1, 0.15) is 37.8 Å². The predicted molar refractivity (Wildman–Crippen MR) is 83.3 cm³/mol. The minimum absolute atomic E-state index is 0.258.